The van der Waals surface area contributed by atoms with Crippen molar-refractivity contribution in [2.75, 3.05) is 12.4 Å². The zero-order valence-corrected chi connectivity index (χ0v) is 7.92. The summed E-state index contributed by atoms with van der Waals surface area (Å²) in [5.74, 6) is 1.30. The van der Waals surface area contributed by atoms with Crippen molar-refractivity contribution in [3.05, 3.63) is 17.3 Å². The van der Waals surface area contributed by atoms with Crippen LogP contribution in [0.3, 0.4) is 0 Å². The normalized spacial score (nSPS) is 9.46. The number of ether oxygens (including phenoxy) is 1. The monoisotopic (exact) mass is 180 g/mol. The molecule has 1 aromatic heterocycles. The summed E-state index contributed by atoms with van der Waals surface area (Å²) in [5.41, 5.74) is 1.80. The Hall–Kier alpha value is -1.58. The number of methoxy groups -OCH3 is 1. The van der Waals surface area contributed by atoms with Crippen LogP contribution < -0.4 is 10.1 Å². The average Bonchev–Trinajstić information content (AvgIpc) is 2.11. The average molecular weight is 180 g/mol. The van der Waals surface area contributed by atoms with Crippen LogP contribution in [-0.2, 0) is 4.79 Å². The Kier molecular flexibility index (Phi) is 2.84. The lowest BCUT2D eigenvalue weighted by Crippen LogP contribution is -2.02. The lowest BCUT2D eigenvalue weighted by atomic mass is 10.2. The zero-order valence-electron chi connectivity index (χ0n) is 7.92. The highest BCUT2D eigenvalue weighted by Crippen LogP contribution is 2.26. The second-order valence-corrected chi connectivity index (χ2v) is 2.71. The lowest BCUT2D eigenvalue weighted by Gasteiger charge is -2.10. The molecule has 0 saturated carbocycles. The maximum absolute atomic E-state index is 10.2. The van der Waals surface area contributed by atoms with Crippen LogP contribution in [0.4, 0.5) is 5.82 Å². The molecule has 1 heterocycles. The third kappa shape index (κ3) is 1.77. The number of nitrogens with one attached hydrogen (secondary N) is 1. The quantitative estimate of drug-likeness (QED) is 0.713. The number of aryl methyl sites for hydroxylation is 1. The van der Waals surface area contributed by atoms with Crippen molar-refractivity contribution in [3.63, 3.8) is 0 Å². The van der Waals surface area contributed by atoms with Gasteiger partial charge in [-0.15, -0.1) is 0 Å². The summed E-state index contributed by atoms with van der Waals surface area (Å²) in [6.45, 7) is 3.76. The summed E-state index contributed by atoms with van der Waals surface area (Å²) in [6, 6.07) is 0. The molecule has 1 N–H and O–H groups in total. The number of nitrogens with zero attached hydrogens (tertiary/aromatic N) is 1. The van der Waals surface area contributed by atoms with E-state index < -0.39 is 0 Å². The number of anilines is 1. The predicted octanol–water partition coefficient (Wildman–Crippen LogP) is 1.28. The van der Waals surface area contributed by atoms with Crippen LogP contribution in [0.15, 0.2) is 6.20 Å². The maximum atomic E-state index is 10.2. The van der Waals surface area contributed by atoms with Crippen molar-refractivity contribution in [1.29, 1.82) is 0 Å². The highest BCUT2D eigenvalue weighted by Gasteiger charge is 2.07. The van der Waals surface area contributed by atoms with Gasteiger partial charge in [-0.3, -0.25) is 4.79 Å². The zero-order chi connectivity index (χ0) is 9.84. The Morgan fingerprint density at radius 1 is 1.54 bits per heavy atom. The van der Waals surface area contributed by atoms with E-state index in [9.17, 15) is 4.79 Å². The van der Waals surface area contributed by atoms with E-state index in [2.05, 4.69) is 10.3 Å². The number of carbonyl (C=O) groups is 1. The molecule has 0 aliphatic carbocycles. The Labute approximate surface area is 76.9 Å². The molecule has 0 saturated heterocycles. The first-order valence-electron chi connectivity index (χ1n) is 3.91. The maximum Gasteiger partial charge on any atom is 0.212 e. The molecule has 70 valence electrons. The van der Waals surface area contributed by atoms with E-state index in [4.69, 9.17) is 4.74 Å². The van der Waals surface area contributed by atoms with E-state index in [0.717, 1.165) is 16.9 Å². The smallest absolute Gasteiger partial charge is 0.212 e. The molecular formula is C9H12N2O2. The van der Waals surface area contributed by atoms with E-state index in [0.29, 0.717) is 12.2 Å². The Bertz CT molecular complexity index is 324. The topological polar surface area (TPSA) is 51.2 Å². The number of amides is 1. The number of hydrogen-bond acceptors (Lipinski definition) is 3. The van der Waals surface area contributed by atoms with Crippen LogP contribution in [0, 0.1) is 13.8 Å². The van der Waals surface area contributed by atoms with Gasteiger partial charge in [-0.05, 0) is 13.8 Å². The van der Waals surface area contributed by atoms with Crippen LogP contribution in [0.2, 0.25) is 0 Å². The van der Waals surface area contributed by atoms with E-state index in [-0.39, 0.29) is 0 Å². The fourth-order valence-corrected chi connectivity index (χ4v) is 1.24. The van der Waals surface area contributed by atoms with Crippen molar-refractivity contribution in [3.8, 4) is 5.75 Å². The fourth-order valence-electron chi connectivity index (χ4n) is 1.24. The lowest BCUT2D eigenvalue weighted by molar-refractivity contribution is -0.105. The minimum atomic E-state index is 0.539. The van der Waals surface area contributed by atoms with Gasteiger partial charge in [-0.25, -0.2) is 4.98 Å². The van der Waals surface area contributed by atoms with Gasteiger partial charge < -0.3 is 10.1 Å². The number of aromatic nitrogens is 1. The molecule has 0 atom stereocenters. The number of rotatable bonds is 3. The molecule has 1 rings (SSSR count). The third-order valence-electron chi connectivity index (χ3n) is 1.84. The van der Waals surface area contributed by atoms with Crippen LogP contribution >= 0.6 is 0 Å². The Morgan fingerprint density at radius 3 is 2.77 bits per heavy atom. The summed E-state index contributed by atoms with van der Waals surface area (Å²) in [6.07, 6.45) is 2.27. The van der Waals surface area contributed by atoms with Crippen molar-refractivity contribution in [1.82, 2.24) is 4.98 Å². The van der Waals surface area contributed by atoms with Crippen molar-refractivity contribution >= 4 is 12.2 Å². The van der Waals surface area contributed by atoms with Crippen molar-refractivity contribution in [2.24, 2.45) is 0 Å². The molecule has 13 heavy (non-hydrogen) atoms. The molecule has 1 aromatic rings. The summed E-state index contributed by atoms with van der Waals surface area (Å²) in [7, 11) is 1.60. The third-order valence-corrected chi connectivity index (χ3v) is 1.84. The molecule has 0 spiro atoms. The molecule has 4 nitrogen and oxygen atoms in total. The molecule has 0 aliphatic heterocycles. The van der Waals surface area contributed by atoms with E-state index in [1.165, 1.54) is 0 Å². The van der Waals surface area contributed by atoms with Gasteiger partial charge in [0.15, 0.2) is 0 Å². The summed E-state index contributed by atoms with van der Waals surface area (Å²) in [5, 5.41) is 2.51. The number of hydrogen-bond donors (Lipinski definition) is 1. The molecule has 0 aromatic carbocycles. The van der Waals surface area contributed by atoms with Crippen molar-refractivity contribution in [2.45, 2.75) is 13.8 Å². The van der Waals surface area contributed by atoms with Crippen LogP contribution in [0.5, 0.6) is 5.75 Å². The van der Waals surface area contributed by atoms with Gasteiger partial charge in [0, 0.05) is 17.3 Å². The van der Waals surface area contributed by atoms with Gasteiger partial charge >= 0.3 is 0 Å². The van der Waals surface area contributed by atoms with E-state index in [1.807, 2.05) is 13.8 Å². The van der Waals surface area contributed by atoms with Gasteiger partial charge in [0.1, 0.15) is 11.6 Å². The van der Waals surface area contributed by atoms with Crippen LogP contribution in [0.1, 0.15) is 11.1 Å². The summed E-state index contributed by atoms with van der Waals surface area (Å²) < 4.78 is 5.17. The first kappa shape index (κ1) is 9.51. The number of pyridine rings is 1. The molecular weight excluding hydrogens is 168 g/mol. The van der Waals surface area contributed by atoms with E-state index in [1.54, 1.807) is 13.3 Å². The molecule has 0 aliphatic rings. The van der Waals surface area contributed by atoms with Crippen molar-refractivity contribution < 1.29 is 9.53 Å². The summed E-state index contributed by atoms with van der Waals surface area (Å²) in [4.78, 5) is 14.3. The minimum absolute atomic E-state index is 0.539. The SMILES string of the molecule is COc1c(C)cnc(NC=O)c1C. The molecule has 0 unspecified atom stereocenters. The first-order chi connectivity index (χ1) is 6.20. The molecule has 0 fully saturated rings. The Balaban J connectivity index is 3.18. The summed E-state index contributed by atoms with van der Waals surface area (Å²) >= 11 is 0. The molecule has 0 radical (unpaired) electrons. The number of carbonyl (C=O) groups excluding carboxylic acids is 1. The highest BCUT2D eigenvalue weighted by molar-refractivity contribution is 5.72. The fraction of sp³-hybridized carbons (Fsp3) is 0.333. The van der Waals surface area contributed by atoms with Crippen LogP contribution in [0.25, 0.3) is 0 Å². The highest BCUT2D eigenvalue weighted by atomic mass is 16.5. The molecule has 0 bridgehead atoms. The van der Waals surface area contributed by atoms with Crippen LogP contribution in [-0.4, -0.2) is 18.5 Å². The van der Waals surface area contributed by atoms with Gasteiger partial charge in [0.05, 0.1) is 7.11 Å². The first-order valence-corrected chi connectivity index (χ1v) is 3.91. The predicted molar refractivity (Wildman–Crippen MR) is 49.9 cm³/mol. The minimum Gasteiger partial charge on any atom is -0.496 e. The van der Waals surface area contributed by atoms with Gasteiger partial charge in [-0.1, -0.05) is 0 Å². The van der Waals surface area contributed by atoms with Gasteiger partial charge in [-0.2, -0.15) is 0 Å². The standard InChI is InChI=1S/C9H12N2O2/c1-6-4-10-9(11-5-12)7(2)8(6)13-3/h4-5H,1-3H3,(H,10,11,12). The molecule has 4 heteroatoms. The Morgan fingerprint density at radius 2 is 2.23 bits per heavy atom. The largest absolute Gasteiger partial charge is 0.496 e. The van der Waals surface area contributed by atoms with Gasteiger partial charge in [0.25, 0.3) is 0 Å². The second kappa shape index (κ2) is 3.89. The van der Waals surface area contributed by atoms with Gasteiger partial charge in [0.2, 0.25) is 6.41 Å². The second-order valence-electron chi connectivity index (χ2n) is 2.71. The van der Waals surface area contributed by atoms with E-state index >= 15 is 0 Å². The molecule has 1 amide bonds.